The fourth-order valence-electron chi connectivity index (χ4n) is 3.52. The first-order valence-corrected chi connectivity index (χ1v) is 8.44. The molecule has 2 amide bonds. The summed E-state index contributed by atoms with van der Waals surface area (Å²) in [5.41, 5.74) is 0.917. The number of halogens is 1. The molecule has 2 saturated heterocycles. The van der Waals surface area contributed by atoms with Gasteiger partial charge in [0, 0.05) is 25.2 Å². The van der Waals surface area contributed by atoms with Gasteiger partial charge in [0.1, 0.15) is 11.9 Å². The van der Waals surface area contributed by atoms with Gasteiger partial charge in [-0.25, -0.2) is 4.39 Å². The Kier molecular flexibility index (Phi) is 4.64. The molecule has 2 aliphatic rings. The zero-order valence-electron chi connectivity index (χ0n) is 13.6. The molecule has 0 aromatic heterocycles. The molecule has 0 spiro atoms. The number of carbonyl (C=O) groups excluding carboxylic acids is 2. The van der Waals surface area contributed by atoms with Crippen LogP contribution in [0.25, 0.3) is 0 Å². The summed E-state index contributed by atoms with van der Waals surface area (Å²) in [4.78, 5) is 29.1. The molecule has 0 radical (unpaired) electrons. The van der Waals surface area contributed by atoms with Crippen LogP contribution >= 0.6 is 0 Å². The minimum atomic E-state index is -0.361. The molecule has 23 heavy (non-hydrogen) atoms. The van der Waals surface area contributed by atoms with E-state index in [-0.39, 0.29) is 23.7 Å². The molecule has 124 valence electrons. The summed E-state index contributed by atoms with van der Waals surface area (Å²) in [6, 6.07) is 4.05. The molecule has 2 heterocycles. The second kappa shape index (κ2) is 6.69. The summed E-state index contributed by atoms with van der Waals surface area (Å²) in [6.07, 6.45) is 4.69. The van der Waals surface area contributed by atoms with Crippen molar-refractivity contribution in [3.63, 3.8) is 0 Å². The van der Waals surface area contributed by atoms with Gasteiger partial charge in [0.05, 0.1) is 0 Å². The average Bonchev–Trinajstić information content (AvgIpc) is 3.10. The maximum Gasteiger partial charge on any atom is 0.254 e. The summed E-state index contributed by atoms with van der Waals surface area (Å²) < 4.78 is 13.4. The first-order valence-electron chi connectivity index (χ1n) is 8.44. The third-order valence-electron chi connectivity index (χ3n) is 4.87. The number of benzene rings is 1. The standard InChI is InChI=1S/C18H23FN2O2/c1-13-12-14(7-8-15(13)19)17(22)21-11-3-2-6-16(21)18(23)20-9-4-5-10-20/h7-8,12,16H,2-6,9-11H2,1H3/t16-/m0/s1. The van der Waals surface area contributed by atoms with Crippen molar-refractivity contribution in [3.05, 3.63) is 35.1 Å². The molecule has 0 aliphatic carbocycles. The van der Waals surface area contributed by atoms with Gasteiger partial charge in [-0.2, -0.15) is 0 Å². The van der Waals surface area contributed by atoms with Gasteiger partial charge in [0.15, 0.2) is 0 Å². The van der Waals surface area contributed by atoms with Crippen LogP contribution in [-0.4, -0.2) is 47.3 Å². The molecule has 2 fully saturated rings. The van der Waals surface area contributed by atoms with Crippen molar-refractivity contribution in [2.24, 2.45) is 0 Å². The van der Waals surface area contributed by atoms with E-state index < -0.39 is 0 Å². The SMILES string of the molecule is Cc1cc(C(=O)N2CCCC[C@H]2C(=O)N2CCCC2)ccc1F. The minimum Gasteiger partial charge on any atom is -0.341 e. The second-order valence-corrected chi connectivity index (χ2v) is 6.51. The Bertz CT molecular complexity index is 611. The lowest BCUT2D eigenvalue weighted by molar-refractivity contribution is -0.136. The lowest BCUT2D eigenvalue weighted by atomic mass is 9.99. The van der Waals surface area contributed by atoms with E-state index in [9.17, 15) is 14.0 Å². The Morgan fingerprint density at radius 2 is 1.78 bits per heavy atom. The van der Waals surface area contributed by atoms with Crippen LogP contribution in [0, 0.1) is 12.7 Å². The molecular formula is C18H23FN2O2. The Labute approximate surface area is 136 Å². The fraction of sp³-hybridized carbons (Fsp3) is 0.556. The van der Waals surface area contributed by atoms with Gasteiger partial charge in [-0.1, -0.05) is 0 Å². The third kappa shape index (κ3) is 3.23. The van der Waals surface area contributed by atoms with Crippen LogP contribution in [0.4, 0.5) is 4.39 Å². The Morgan fingerprint density at radius 3 is 2.48 bits per heavy atom. The molecular weight excluding hydrogens is 295 g/mol. The molecule has 4 nitrogen and oxygen atoms in total. The van der Waals surface area contributed by atoms with Gasteiger partial charge < -0.3 is 9.80 Å². The highest BCUT2D eigenvalue weighted by Crippen LogP contribution is 2.23. The van der Waals surface area contributed by atoms with E-state index in [1.807, 2.05) is 4.90 Å². The number of hydrogen-bond donors (Lipinski definition) is 0. The van der Waals surface area contributed by atoms with Crippen molar-refractivity contribution in [2.75, 3.05) is 19.6 Å². The molecule has 1 atom stereocenters. The molecule has 0 bridgehead atoms. The smallest absolute Gasteiger partial charge is 0.254 e. The van der Waals surface area contributed by atoms with E-state index in [4.69, 9.17) is 0 Å². The lowest BCUT2D eigenvalue weighted by Gasteiger charge is -2.36. The van der Waals surface area contributed by atoms with Gasteiger partial charge in [-0.05, 0) is 62.8 Å². The second-order valence-electron chi connectivity index (χ2n) is 6.51. The number of rotatable bonds is 2. The molecule has 3 rings (SSSR count). The lowest BCUT2D eigenvalue weighted by Crippen LogP contribution is -2.52. The number of nitrogens with zero attached hydrogens (tertiary/aromatic N) is 2. The van der Waals surface area contributed by atoms with Crippen LogP contribution in [-0.2, 0) is 4.79 Å². The Morgan fingerprint density at radius 1 is 1.09 bits per heavy atom. The van der Waals surface area contributed by atoms with Crippen molar-refractivity contribution < 1.29 is 14.0 Å². The molecule has 1 aromatic rings. The number of hydrogen-bond acceptors (Lipinski definition) is 2. The number of aryl methyl sites for hydroxylation is 1. The van der Waals surface area contributed by atoms with Gasteiger partial charge >= 0.3 is 0 Å². The molecule has 0 N–H and O–H groups in total. The van der Waals surface area contributed by atoms with Crippen molar-refractivity contribution in [1.82, 2.24) is 9.80 Å². The third-order valence-corrected chi connectivity index (χ3v) is 4.87. The predicted octanol–water partition coefficient (Wildman–Crippen LogP) is 2.75. The van der Waals surface area contributed by atoms with Crippen molar-refractivity contribution in [3.8, 4) is 0 Å². The highest BCUT2D eigenvalue weighted by Gasteiger charge is 2.35. The van der Waals surface area contributed by atoms with Gasteiger partial charge in [0.2, 0.25) is 5.91 Å². The first kappa shape index (κ1) is 16.0. The fourth-order valence-corrected chi connectivity index (χ4v) is 3.52. The van der Waals surface area contributed by atoms with E-state index in [2.05, 4.69) is 0 Å². The Hall–Kier alpha value is -1.91. The van der Waals surface area contributed by atoms with Crippen LogP contribution in [0.5, 0.6) is 0 Å². The maximum atomic E-state index is 13.4. The predicted molar refractivity (Wildman–Crippen MR) is 85.6 cm³/mol. The van der Waals surface area contributed by atoms with Crippen LogP contribution in [0.2, 0.25) is 0 Å². The molecule has 2 aliphatic heterocycles. The summed E-state index contributed by atoms with van der Waals surface area (Å²) in [7, 11) is 0. The van der Waals surface area contributed by atoms with E-state index in [1.165, 1.54) is 12.1 Å². The highest BCUT2D eigenvalue weighted by atomic mass is 19.1. The summed E-state index contributed by atoms with van der Waals surface area (Å²) >= 11 is 0. The van der Waals surface area contributed by atoms with Gasteiger partial charge in [-0.15, -0.1) is 0 Å². The normalized spacial score (nSPS) is 21.6. The number of piperidine rings is 1. The maximum absolute atomic E-state index is 13.4. The van der Waals surface area contributed by atoms with Crippen LogP contribution in [0.15, 0.2) is 18.2 Å². The summed E-state index contributed by atoms with van der Waals surface area (Å²) in [5.74, 6) is -0.399. The first-order chi connectivity index (χ1) is 11.1. The molecule has 1 aromatic carbocycles. The quantitative estimate of drug-likeness (QED) is 0.841. The minimum absolute atomic E-state index is 0.0781. The number of amides is 2. The van der Waals surface area contributed by atoms with E-state index in [1.54, 1.807) is 17.9 Å². The molecule has 0 saturated carbocycles. The van der Waals surface area contributed by atoms with Crippen LogP contribution in [0.3, 0.4) is 0 Å². The largest absolute Gasteiger partial charge is 0.341 e. The summed E-state index contributed by atoms with van der Waals surface area (Å²) in [6.45, 7) is 3.84. The van der Waals surface area contributed by atoms with Crippen molar-refractivity contribution >= 4 is 11.8 Å². The Balaban J connectivity index is 1.81. The zero-order valence-corrected chi connectivity index (χ0v) is 13.6. The zero-order chi connectivity index (χ0) is 16.4. The van der Waals surface area contributed by atoms with Gasteiger partial charge in [0.25, 0.3) is 5.91 Å². The van der Waals surface area contributed by atoms with Crippen molar-refractivity contribution in [2.45, 2.75) is 45.1 Å². The monoisotopic (exact) mass is 318 g/mol. The summed E-state index contributed by atoms with van der Waals surface area (Å²) in [5, 5.41) is 0. The highest BCUT2D eigenvalue weighted by molar-refractivity contribution is 5.97. The van der Waals surface area contributed by atoms with Crippen molar-refractivity contribution in [1.29, 1.82) is 0 Å². The topological polar surface area (TPSA) is 40.6 Å². The van der Waals surface area contributed by atoms with Gasteiger partial charge in [-0.3, -0.25) is 9.59 Å². The van der Waals surface area contributed by atoms with E-state index in [0.29, 0.717) is 17.7 Å². The van der Waals surface area contributed by atoms with E-state index in [0.717, 1.165) is 45.2 Å². The number of carbonyl (C=O) groups is 2. The van der Waals surface area contributed by atoms with Crippen LogP contribution < -0.4 is 0 Å². The molecule has 5 heteroatoms. The molecule has 0 unspecified atom stereocenters. The van der Waals surface area contributed by atoms with Crippen LogP contribution in [0.1, 0.15) is 48.0 Å². The average molecular weight is 318 g/mol. The number of likely N-dealkylation sites (tertiary alicyclic amines) is 2. The van der Waals surface area contributed by atoms with E-state index >= 15 is 0 Å².